The van der Waals surface area contributed by atoms with Gasteiger partial charge in [0.15, 0.2) is 11.5 Å². The van der Waals surface area contributed by atoms with Crippen molar-refractivity contribution in [2.45, 2.75) is 23.3 Å². The van der Waals surface area contributed by atoms with Crippen LogP contribution in [0.25, 0.3) is 0 Å². The van der Waals surface area contributed by atoms with Crippen LogP contribution in [0.5, 0.6) is 11.5 Å². The standard InChI is InChI=1S/C16H21N3O6S/c1-18-14(20)16(17-15(18)21)6-8-19(9-7-16)26(22,23)11-4-5-12(24-2)13(10-11)25-3/h4-5,10H,6-9H2,1-3H3,(H,17,21). The molecule has 3 rings (SSSR count). The van der Waals surface area contributed by atoms with Crippen LogP contribution >= 0.6 is 0 Å². The topological polar surface area (TPSA) is 105 Å². The Bertz CT molecular complexity index is 846. The maximum absolute atomic E-state index is 12.9. The largest absolute Gasteiger partial charge is 0.493 e. The zero-order valence-corrected chi connectivity index (χ0v) is 15.6. The van der Waals surface area contributed by atoms with Gasteiger partial charge in [0.25, 0.3) is 5.91 Å². The summed E-state index contributed by atoms with van der Waals surface area (Å²) in [7, 11) is 0.572. The van der Waals surface area contributed by atoms with Gasteiger partial charge in [0.2, 0.25) is 10.0 Å². The van der Waals surface area contributed by atoms with E-state index in [1.165, 1.54) is 43.8 Å². The fourth-order valence-corrected chi connectivity index (χ4v) is 4.79. The van der Waals surface area contributed by atoms with Crippen molar-refractivity contribution in [1.29, 1.82) is 0 Å². The molecule has 10 heteroatoms. The van der Waals surface area contributed by atoms with Crippen molar-refractivity contribution in [3.8, 4) is 11.5 Å². The van der Waals surface area contributed by atoms with Gasteiger partial charge in [-0.2, -0.15) is 4.31 Å². The molecule has 2 saturated heterocycles. The Morgan fingerprint density at radius 2 is 1.69 bits per heavy atom. The molecule has 2 aliphatic rings. The normalized spacial score (nSPS) is 20.3. The first-order valence-corrected chi connectivity index (χ1v) is 9.52. The maximum Gasteiger partial charge on any atom is 0.324 e. The molecule has 3 amide bonds. The van der Waals surface area contributed by atoms with E-state index in [9.17, 15) is 18.0 Å². The van der Waals surface area contributed by atoms with E-state index in [2.05, 4.69) is 5.32 Å². The molecule has 9 nitrogen and oxygen atoms in total. The lowest BCUT2D eigenvalue weighted by Crippen LogP contribution is -2.55. The Morgan fingerprint density at radius 3 is 2.19 bits per heavy atom. The lowest BCUT2D eigenvalue weighted by atomic mass is 9.88. The first-order valence-electron chi connectivity index (χ1n) is 8.08. The third-order valence-corrected chi connectivity index (χ3v) is 6.83. The second-order valence-electron chi connectivity index (χ2n) is 6.30. The van der Waals surface area contributed by atoms with Crippen LogP contribution in [0.2, 0.25) is 0 Å². The predicted molar refractivity (Wildman–Crippen MR) is 91.6 cm³/mol. The second-order valence-corrected chi connectivity index (χ2v) is 8.24. The molecular weight excluding hydrogens is 362 g/mol. The zero-order chi connectivity index (χ0) is 19.1. The fraction of sp³-hybridized carbons (Fsp3) is 0.500. The van der Waals surface area contributed by atoms with E-state index in [0.717, 1.165) is 4.90 Å². The second kappa shape index (κ2) is 6.44. The average molecular weight is 383 g/mol. The molecule has 0 aliphatic carbocycles. The highest BCUT2D eigenvalue weighted by atomic mass is 32.2. The number of sulfonamides is 1. The van der Waals surface area contributed by atoms with Gasteiger partial charge in [-0.15, -0.1) is 0 Å². The van der Waals surface area contributed by atoms with E-state index in [0.29, 0.717) is 11.5 Å². The Hall–Kier alpha value is -2.33. The lowest BCUT2D eigenvalue weighted by molar-refractivity contribution is -0.131. The van der Waals surface area contributed by atoms with E-state index in [1.54, 1.807) is 0 Å². The molecule has 0 saturated carbocycles. The SMILES string of the molecule is COc1ccc(S(=O)(=O)N2CCC3(CC2)NC(=O)N(C)C3=O)cc1OC. The molecule has 2 aliphatic heterocycles. The van der Waals surface area contributed by atoms with Gasteiger partial charge in [-0.3, -0.25) is 9.69 Å². The number of nitrogens with one attached hydrogen (secondary N) is 1. The smallest absolute Gasteiger partial charge is 0.324 e. The number of piperidine rings is 1. The number of benzene rings is 1. The summed E-state index contributed by atoms with van der Waals surface area (Å²) in [5.74, 6) is 0.443. The highest BCUT2D eigenvalue weighted by Gasteiger charge is 2.52. The van der Waals surface area contributed by atoms with Crippen LogP contribution in [-0.2, 0) is 14.8 Å². The quantitative estimate of drug-likeness (QED) is 0.755. The van der Waals surface area contributed by atoms with Crippen LogP contribution in [0, 0.1) is 0 Å². The van der Waals surface area contributed by atoms with E-state index in [1.807, 2.05) is 0 Å². The van der Waals surface area contributed by atoms with Crippen molar-refractivity contribution < 1.29 is 27.5 Å². The minimum atomic E-state index is -3.75. The average Bonchev–Trinajstić information content (AvgIpc) is 2.85. The van der Waals surface area contributed by atoms with Gasteiger partial charge in [0.05, 0.1) is 19.1 Å². The van der Waals surface area contributed by atoms with Gasteiger partial charge in [-0.05, 0) is 25.0 Å². The van der Waals surface area contributed by atoms with Crippen molar-refractivity contribution in [1.82, 2.24) is 14.5 Å². The highest BCUT2D eigenvalue weighted by Crippen LogP contribution is 2.34. The van der Waals surface area contributed by atoms with Crippen LogP contribution < -0.4 is 14.8 Å². The predicted octanol–water partition coefficient (Wildman–Crippen LogP) is 0.409. The number of carbonyl (C=O) groups is 2. The van der Waals surface area contributed by atoms with Gasteiger partial charge < -0.3 is 14.8 Å². The summed E-state index contributed by atoms with van der Waals surface area (Å²) in [6, 6.07) is 3.95. The maximum atomic E-state index is 12.9. The molecule has 142 valence electrons. The summed E-state index contributed by atoms with van der Waals surface area (Å²) < 4.78 is 37.4. The minimum absolute atomic E-state index is 0.0880. The van der Waals surface area contributed by atoms with Crippen LogP contribution in [0.4, 0.5) is 4.79 Å². The number of imide groups is 1. The van der Waals surface area contributed by atoms with Crippen molar-refractivity contribution >= 4 is 22.0 Å². The Kier molecular flexibility index (Phi) is 4.57. The summed E-state index contributed by atoms with van der Waals surface area (Å²) in [6.45, 7) is 0.271. The monoisotopic (exact) mass is 383 g/mol. The number of ether oxygens (including phenoxy) is 2. The molecule has 0 unspecified atom stereocenters. The van der Waals surface area contributed by atoms with Crippen LogP contribution in [-0.4, -0.2) is 69.5 Å². The molecule has 1 aromatic rings. The summed E-state index contributed by atoms with van der Waals surface area (Å²) in [5.41, 5.74) is -1.00. The summed E-state index contributed by atoms with van der Waals surface area (Å²) in [6.07, 6.45) is 0.461. The Balaban J connectivity index is 1.81. The van der Waals surface area contributed by atoms with Crippen molar-refractivity contribution in [3.63, 3.8) is 0 Å². The van der Waals surface area contributed by atoms with E-state index >= 15 is 0 Å². The Morgan fingerprint density at radius 1 is 1.08 bits per heavy atom. The molecule has 0 bridgehead atoms. The molecule has 0 radical (unpaired) electrons. The third kappa shape index (κ3) is 2.78. The van der Waals surface area contributed by atoms with Crippen molar-refractivity contribution in [2.75, 3.05) is 34.4 Å². The van der Waals surface area contributed by atoms with Gasteiger partial charge in [0, 0.05) is 26.2 Å². The first kappa shape index (κ1) is 18.5. The van der Waals surface area contributed by atoms with Gasteiger partial charge in [-0.1, -0.05) is 0 Å². The zero-order valence-electron chi connectivity index (χ0n) is 14.8. The van der Waals surface area contributed by atoms with Crippen molar-refractivity contribution in [2.24, 2.45) is 0 Å². The van der Waals surface area contributed by atoms with E-state index in [-0.39, 0.29) is 36.7 Å². The number of methoxy groups -OCH3 is 2. The summed E-state index contributed by atoms with van der Waals surface area (Å²) in [5, 5.41) is 2.69. The number of hydrogen-bond donors (Lipinski definition) is 1. The number of amides is 3. The van der Waals surface area contributed by atoms with Crippen LogP contribution in [0.3, 0.4) is 0 Å². The van der Waals surface area contributed by atoms with Gasteiger partial charge >= 0.3 is 6.03 Å². The molecule has 2 heterocycles. The number of rotatable bonds is 4. The highest BCUT2D eigenvalue weighted by molar-refractivity contribution is 7.89. The summed E-state index contributed by atoms with van der Waals surface area (Å²) in [4.78, 5) is 25.2. The van der Waals surface area contributed by atoms with E-state index in [4.69, 9.17) is 9.47 Å². The Labute approximate surface area is 151 Å². The van der Waals surface area contributed by atoms with Crippen LogP contribution in [0.15, 0.2) is 23.1 Å². The number of nitrogens with zero attached hydrogens (tertiary/aromatic N) is 2. The van der Waals surface area contributed by atoms with E-state index < -0.39 is 21.6 Å². The number of likely N-dealkylation sites (N-methyl/N-ethyl adjacent to an activating group) is 1. The molecule has 1 aromatic carbocycles. The summed E-state index contributed by atoms with van der Waals surface area (Å²) >= 11 is 0. The fourth-order valence-electron chi connectivity index (χ4n) is 3.33. The van der Waals surface area contributed by atoms with Crippen molar-refractivity contribution in [3.05, 3.63) is 18.2 Å². The third-order valence-electron chi connectivity index (χ3n) is 4.93. The molecule has 0 atom stereocenters. The molecular formula is C16H21N3O6S. The molecule has 26 heavy (non-hydrogen) atoms. The number of hydrogen-bond acceptors (Lipinski definition) is 6. The minimum Gasteiger partial charge on any atom is -0.493 e. The van der Waals surface area contributed by atoms with Crippen LogP contribution in [0.1, 0.15) is 12.8 Å². The number of carbonyl (C=O) groups excluding carboxylic acids is 2. The number of urea groups is 1. The molecule has 0 aromatic heterocycles. The molecule has 2 fully saturated rings. The molecule has 1 spiro atoms. The molecule has 1 N–H and O–H groups in total. The van der Waals surface area contributed by atoms with Gasteiger partial charge in [-0.25, -0.2) is 13.2 Å². The lowest BCUT2D eigenvalue weighted by Gasteiger charge is -2.36. The van der Waals surface area contributed by atoms with Gasteiger partial charge in [0.1, 0.15) is 5.54 Å². The first-order chi connectivity index (χ1) is 12.2.